The van der Waals surface area contributed by atoms with Crippen LogP contribution in [0.5, 0.6) is 11.5 Å². The van der Waals surface area contributed by atoms with Crippen LogP contribution in [0.2, 0.25) is 0 Å². The third-order valence-corrected chi connectivity index (χ3v) is 5.71. The minimum atomic E-state index is -4.86. The van der Waals surface area contributed by atoms with Gasteiger partial charge in [-0.1, -0.05) is 20.8 Å². The van der Waals surface area contributed by atoms with E-state index < -0.39 is 23.5 Å². The number of nitrogens with zero attached hydrogens (tertiary/aromatic N) is 3. The average molecular weight is 477 g/mol. The second-order valence-corrected chi connectivity index (χ2v) is 9.04. The predicted molar refractivity (Wildman–Crippen MR) is 116 cm³/mol. The van der Waals surface area contributed by atoms with Gasteiger partial charge in [0, 0.05) is 17.8 Å². The molecule has 4 rings (SSSR count). The van der Waals surface area contributed by atoms with Crippen LogP contribution in [0.4, 0.5) is 13.2 Å². The smallest absolute Gasteiger partial charge is 0.496 e. The number of benzene rings is 1. The quantitative estimate of drug-likeness (QED) is 0.591. The molecule has 3 aromatic rings. The van der Waals surface area contributed by atoms with Crippen molar-refractivity contribution in [3.63, 3.8) is 0 Å². The number of carbonyl (C=O) groups is 1. The maximum absolute atomic E-state index is 12.7. The summed E-state index contributed by atoms with van der Waals surface area (Å²) < 4.78 is 51.0. The Balaban J connectivity index is 1.90. The van der Waals surface area contributed by atoms with Crippen molar-refractivity contribution in [2.75, 3.05) is 7.11 Å². The van der Waals surface area contributed by atoms with E-state index in [1.54, 1.807) is 15.3 Å². The van der Waals surface area contributed by atoms with Crippen molar-refractivity contribution in [1.82, 2.24) is 14.3 Å². The molecular weight excluding hydrogens is 455 g/mol. The number of aromatic carboxylic acids is 1. The second kappa shape index (κ2) is 7.93. The normalized spacial score (nSPS) is 15.4. The van der Waals surface area contributed by atoms with Gasteiger partial charge in [-0.25, -0.2) is 4.79 Å². The van der Waals surface area contributed by atoms with Gasteiger partial charge in [-0.15, -0.1) is 13.2 Å². The van der Waals surface area contributed by atoms with E-state index in [1.165, 1.54) is 31.5 Å². The van der Waals surface area contributed by atoms with E-state index >= 15 is 0 Å². The van der Waals surface area contributed by atoms with E-state index in [0.29, 0.717) is 23.6 Å². The summed E-state index contributed by atoms with van der Waals surface area (Å²) in [5.41, 5.74) is 0.243. The number of carboxylic acids is 1. The van der Waals surface area contributed by atoms with Gasteiger partial charge in [0.05, 0.1) is 36.8 Å². The molecule has 2 aromatic heterocycles. The zero-order chi connectivity index (χ0) is 25.0. The fraction of sp³-hybridized carbons (Fsp3) is 0.348. The lowest BCUT2D eigenvalue weighted by molar-refractivity contribution is -0.274. The summed E-state index contributed by atoms with van der Waals surface area (Å²) >= 11 is 0. The minimum Gasteiger partial charge on any atom is -0.496 e. The van der Waals surface area contributed by atoms with Gasteiger partial charge in [-0.3, -0.25) is 9.48 Å². The topological polar surface area (TPSA) is 95.6 Å². The Morgan fingerprint density at radius 1 is 1.15 bits per heavy atom. The largest absolute Gasteiger partial charge is 0.573 e. The molecule has 3 heterocycles. The van der Waals surface area contributed by atoms with Crippen LogP contribution in [0.1, 0.15) is 37.2 Å². The molecular formula is C23H22F3N3O5. The SMILES string of the molecule is COc1ccc(OC(F)(F)F)cc1-c1cc2n(n1)C[C@@H](C(C)(C)C)n1cc(C(=O)O)c(=O)cc1-2. The highest BCUT2D eigenvalue weighted by molar-refractivity contribution is 5.87. The molecule has 0 radical (unpaired) electrons. The number of halogens is 3. The van der Waals surface area contributed by atoms with Crippen molar-refractivity contribution < 1.29 is 32.5 Å². The molecule has 0 unspecified atom stereocenters. The monoisotopic (exact) mass is 477 g/mol. The summed E-state index contributed by atoms with van der Waals surface area (Å²) in [5.74, 6) is -1.46. The van der Waals surface area contributed by atoms with Crippen LogP contribution in [0.25, 0.3) is 22.6 Å². The van der Waals surface area contributed by atoms with Crippen LogP contribution < -0.4 is 14.9 Å². The molecule has 1 aliphatic heterocycles. The Morgan fingerprint density at radius 2 is 1.85 bits per heavy atom. The van der Waals surface area contributed by atoms with Crippen LogP contribution in [0.15, 0.2) is 41.3 Å². The molecule has 1 N–H and O–H groups in total. The first-order valence-corrected chi connectivity index (χ1v) is 10.3. The molecule has 0 fully saturated rings. The molecule has 34 heavy (non-hydrogen) atoms. The summed E-state index contributed by atoms with van der Waals surface area (Å²) in [6.45, 7) is 6.30. The van der Waals surface area contributed by atoms with Crippen molar-refractivity contribution in [3.8, 4) is 34.1 Å². The fourth-order valence-electron chi connectivity index (χ4n) is 4.09. The fourth-order valence-corrected chi connectivity index (χ4v) is 4.09. The Bertz CT molecular complexity index is 1340. The lowest BCUT2D eigenvalue weighted by atomic mass is 9.85. The number of aromatic nitrogens is 3. The van der Waals surface area contributed by atoms with Crippen molar-refractivity contribution in [1.29, 1.82) is 0 Å². The van der Waals surface area contributed by atoms with Crippen LogP contribution in [-0.4, -0.2) is 38.9 Å². The van der Waals surface area contributed by atoms with Crippen molar-refractivity contribution in [3.05, 3.63) is 52.3 Å². The van der Waals surface area contributed by atoms with Gasteiger partial charge in [0.2, 0.25) is 0 Å². The zero-order valence-corrected chi connectivity index (χ0v) is 18.8. The molecule has 0 spiro atoms. The summed E-state index contributed by atoms with van der Waals surface area (Å²) in [6.07, 6.45) is -3.52. The first-order valence-electron chi connectivity index (χ1n) is 10.3. The van der Waals surface area contributed by atoms with E-state index in [0.717, 1.165) is 6.07 Å². The van der Waals surface area contributed by atoms with Gasteiger partial charge in [-0.05, 0) is 29.7 Å². The number of hydrogen-bond acceptors (Lipinski definition) is 5. The van der Waals surface area contributed by atoms with Gasteiger partial charge in [0.1, 0.15) is 17.1 Å². The average Bonchev–Trinajstić information content (AvgIpc) is 3.15. The van der Waals surface area contributed by atoms with Gasteiger partial charge < -0.3 is 19.1 Å². The number of hydrogen-bond donors (Lipinski definition) is 1. The molecule has 180 valence electrons. The summed E-state index contributed by atoms with van der Waals surface area (Å²) in [5, 5.41) is 14.0. The molecule has 1 aromatic carbocycles. The van der Waals surface area contributed by atoms with E-state index in [9.17, 15) is 27.9 Å². The Labute approximate surface area is 192 Å². The zero-order valence-electron chi connectivity index (χ0n) is 18.8. The Morgan fingerprint density at radius 3 is 2.44 bits per heavy atom. The minimum absolute atomic E-state index is 0.247. The standard InChI is InChI=1S/C23H22F3N3O5/c1-22(2,3)20-11-29-17(16-9-18(30)14(21(31)32)10-28(16)20)8-15(27-29)13-7-12(34-23(24,25)26)5-6-19(13)33-4/h5-10,20H,11H2,1-4H3,(H,31,32)/t20-/m0/s1. The highest BCUT2D eigenvalue weighted by Gasteiger charge is 2.35. The molecule has 0 saturated carbocycles. The number of ether oxygens (including phenoxy) is 2. The third kappa shape index (κ3) is 4.25. The lowest BCUT2D eigenvalue weighted by Gasteiger charge is -2.38. The Kier molecular flexibility index (Phi) is 5.46. The summed E-state index contributed by atoms with van der Waals surface area (Å²) in [4.78, 5) is 24.0. The molecule has 0 aliphatic carbocycles. The van der Waals surface area contributed by atoms with Crippen molar-refractivity contribution in [2.45, 2.75) is 39.7 Å². The maximum Gasteiger partial charge on any atom is 0.573 e. The Hall–Kier alpha value is -3.76. The molecule has 0 bridgehead atoms. The molecule has 0 amide bonds. The number of pyridine rings is 1. The van der Waals surface area contributed by atoms with Crippen LogP contribution in [-0.2, 0) is 6.54 Å². The van der Waals surface area contributed by atoms with Crippen molar-refractivity contribution in [2.24, 2.45) is 5.41 Å². The van der Waals surface area contributed by atoms with E-state index in [2.05, 4.69) is 9.84 Å². The first kappa shape index (κ1) is 23.4. The number of carboxylic acid groups (broad SMARTS) is 1. The van der Waals surface area contributed by atoms with Gasteiger partial charge >= 0.3 is 12.3 Å². The van der Waals surface area contributed by atoms with E-state index in [4.69, 9.17) is 4.74 Å². The van der Waals surface area contributed by atoms with Crippen LogP contribution in [0.3, 0.4) is 0 Å². The summed E-state index contributed by atoms with van der Waals surface area (Å²) in [6, 6.07) is 6.30. The van der Waals surface area contributed by atoms with E-state index in [-0.39, 0.29) is 28.3 Å². The first-order chi connectivity index (χ1) is 15.8. The van der Waals surface area contributed by atoms with Crippen LogP contribution >= 0.6 is 0 Å². The number of methoxy groups -OCH3 is 1. The lowest BCUT2D eigenvalue weighted by Crippen LogP contribution is -2.35. The predicted octanol–water partition coefficient (Wildman–Crippen LogP) is 4.59. The maximum atomic E-state index is 12.7. The number of rotatable bonds is 4. The molecule has 8 nitrogen and oxygen atoms in total. The highest BCUT2D eigenvalue weighted by Crippen LogP contribution is 2.42. The third-order valence-electron chi connectivity index (χ3n) is 5.71. The van der Waals surface area contributed by atoms with Crippen molar-refractivity contribution >= 4 is 5.97 Å². The number of alkyl halides is 3. The molecule has 1 atom stereocenters. The number of fused-ring (bicyclic) bond motifs is 3. The molecule has 0 saturated heterocycles. The van der Waals surface area contributed by atoms with E-state index in [1.807, 2.05) is 20.8 Å². The van der Waals surface area contributed by atoms with Crippen LogP contribution in [0, 0.1) is 5.41 Å². The van der Waals surface area contributed by atoms with Gasteiger partial charge in [0.15, 0.2) is 5.43 Å². The van der Waals surface area contributed by atoms with Gasteiger partial charge in [-0.2, -0.15) is 5.10 Å². The molecule has 11 heteroatoms. The second-order valence-electron chi connectivity index (χ2n) is 9.04. The highest BCUT2D eigenvalue weighted by atomic mass is 19.4. The molecule has 1 aliphatic rings. The summed E-state index contributed by atoms with van der Waals surface area (Å²) in [7, 11) is 1.39. The van der Waals surface area contributed by atoms with Gasteiger partial charge in [0.25, 0.3) is 0 Å².